The fraction of sp³-hybridized carbons (Fsp3) is 0.278. The van der Waals surface area contributed by atoms with Gasteiger partial charge < -0.3 is 10.2 Å². The first-order chi connectivity index (χ1) is 21.3. The first kappa shape index (κ1) is 33.7. The van der Waals surface area contributed by atoms with Crippen LogP contribution in [0.2, 0.25) is 5.02 Å². The number of amides is 2. The summed E-state index contributed by atoms with van der Waals surface area (Å²) in [6.45, 7) is 8.83. The van der Waals surface area contributed by atoms with Crippen LogP contribution in [0.3, 0.4) is 0 Å². The molecule has 4 rings (SSSR count). The largest absolute Gasteiger partial charge is 0.350 e. The molecule has 0 saturated heterocycles. The second-order valence-electron chi connectivity index (χ2n) is 12.2. The summed E-state index contributed by atoms with van der Waals surface area (Å²) in [5.74, 6) is -0.893. The lowest BCUT2D eigenvalue weighted by Gasteiger charge is -2.35. The molecule has 45 heavy (non-hydrogen) atoms. The highest BCUT2D eigenvalue weighted by Gasteiger charge is 2.36. The number of hydrogen-bond donors (Lipinski definition) is 1. The zero-order valence-electron chi connectivity index (χ0n) is 26.3. The van der Waals surface area contributed by atoms with Crippen molar-refractivity contribution >= 4 is 39.1 Å². The number of anilines is 1. The van der Waals surface area contributed by atoms with Crippen LogP contribution >= 0.6 is 11.6 Å². The summed E-state index contributed by atoms with van der Waals surface area (Å²) < 4.78 is 29.5. The summed E-state index contributed by atoms with van der Waals surface area (Å²) >= 11 is 6.57. The second-order valence-corrected chi connectivity index (χ2v) is 14.4. The number of rotatable bonds is 11. The van der Waals surface area contributed by atoms with E-state index in [1.54, 1.807) is 42.5 Å². The van der Waals surface area contributed by atoms with Crippen molar-refractivity contribution in [1.82, 2.24) is 10.2 Å². The minimum absolute atomic E-state index is 0.000323. The number of sulfonamides is 1. The minimum atomic E-state index is -4.17. The number of nitrogens with one attached hydrogen (secondary N) is 1. The first-order valence-corrected chi connectivity index (χ1v) is 16.6. The number of aryl methyl sites for hydroxylation is 2. The highest BCUT2D eigenvalue weighted by molar-refractivity contribution is 7.92. The van der Waals surface area contributed by atoms with Crippen molar-refractivity contribution in [2.24, 2.45) is 0 Å². The lowest BCUT2D eigenvalue weighted by molar-refractivity contribution is -0.140. The average Bonchev–Trinajstić information content (AvgIpc) is 2.99. The van der Waals surface area contributed by atoms with Gasteiger partial charge in [-0.1, -0.05) is 96.0 Å². The van der Waals surface area contributed by atoms with Gasteiger partial charge in [-0.25, -0.2) is 8.42 Å². The van der Waals surface area contributed by atoms with E-state index in [1.165, 1.54) is 17.0 Å². The highest BCUT2D eigenvalue weighted by Crippen LogP contribution is 2.29. The monoisotopic (exact) mass is 645 g/mol. The average molecular weight is 646 g/mol. The third-order valence-corrected chi connectivity index (χ3v) is 9.44. The van der Waals surface area contributed by atoms with Gasteiger partial charge in [-0.2, -0.15) is 0 Å². The molecule has 0 saturated carbocycles. The number of hydrogen-bond acceptors (Lipinski definition) is 4. The molecule has 0 aliphatic heterocycles. The van der Waals surface area contributed by atoms with Gasteiger partial charge in [0.2, 0.25) is 11.8 Å². The van der Waals surface area contributed by atoms with E-state index in [9.17, 15) is 18.0 Å². The van der Waals surface area contributed by atoms with Gasteiger partial charge in [0.05, 0.1) is 10.6 Å². The third-order valence-electron chi connectivity index (χ3n) is 7.30. The van der Waals surface area contributed by atoms with E-state index in [2.05, 4.69) is 5.32 Å². The van der Waals surface area contributed by atoms with Gasteiger partial charge >= 0.3 is 0 Å². The summed E-state index contributed by atoms with van der Waals surface area (Å²) in [6, 6.07) is 29.1. The van der Waals surface area contributed by atoms with E-state index < -0.39 is 34.1 Å². The minimum Gasteiger partial charge on any atom is -0.350 e. The van der Waals surface area contributed by atoms with E-state index >= 15 is 0 Å². The maximum atomic E-state index is 14.6. The Morgan fingerprint density at radius 2 is 1.44 bits per heavy atom. The van der Waals surface area contributed by atoms with Crippen molar-refractivity contribution in [3.8, 4) is 0 Å². The van der Waals surface area contributed by atoms with Crippen LogP contribution in [0.4, 0.5) is 5.69 Å². The van der Waals surface area contributed by atoms with Crippen molar-refractivity contribution < 1.29 is 18.0 Å². The number of nitrogens with zero attached hydrogens (tertiary/aromatic N) is 2. The first-order valence-electron chi connectivity index (χ1n) is 14.8. The molecule has 0 bridgehead atoms. The van der Waals surface area contributed by atoms with Crippen LogP contribution in [-0.4, -0.2) is 43.3 Å². The van der Waals surface area contributed by atoms with Crippen LogP contribution in [-0.2, 0) is 32.6 Å². The molecule has 0 heterocycles. The normalized spacial score (nSPS) is 12.3. The molecule has 0 aliphatic rings. The Hall–Kier alpha value is -4.14. The summed E-state index contributed by atoms with van der Waals surface area (Å²) in [5.41, 5.74) is 2.96. The molecule has 236 valence electrons. The number of carbonyl (C=O) groups is 2. The van der Waals surface area contributed by atoms with Gasteiger partial charge in [-0.05, 0) is 75.6 Å². The molecule has 4 aromatic rings. The van der Waals surface area contributed by atoms with Gasteiger partial charge in [0, 0.05) is 23.5 Å². The molecule has 4 aromatic carbocycles. The standard InChI is InChI=1S/C36H40ClN3O4S/c1-26-20-21-32(27(2)22-26)40(45(43,44)30-17-10-7-11-18-30)25-34(41)39(24-29-16-12-13-19-31(29)37)33(35(42)38-36(3,4)5)23-28-14-8-6-9-15-28/h6-22,33H,23-25H2,1-5H3,(H,38,42)/t33-/m1/s1. The molecule has 0 spiro atoms. The van der Waals surface area contributed by atoms with Gasteiger partial charge in [-0.3, -0.25) is 13.9 Å². The Morgan fingerprint density at radius 3 is 2.04 bits per heavy atom. The van der Waals surface area contributed by atoms with Crippen LogP contribution in [0.25, 0.3) is 0 Å². The lowest BCUT2D eigenvalue weighted by Crippen LogP contribution is -2.56. The predicted molar refractivity (Wildman–Crippen MR) is 181 cm³/mol. The lowest BCUT2D eigenvalue weighted by atomic mass is 10.0. The van der Waals surface area contributed by atoms with Crippen LogP contribution in [0.15, 0.2) is 108 Å². The maximum Gasteiger partial charge on any atom is 0.264 e. The van der Waals surface area contributed by atoms with Crippen LogP contribution in [0, 0.1) is 13.8 Å². The van der Waals surface area contributed by atoms with Crippen molar-refractivity contribution in [3.63, 3.8) is 0 Å². The molecule has 1 N–H and O–H groups in total. The van der Waals surface area contributed by atoms with Crippen LogP contribution in [0.1, 0.15) is 43.0 Å². The molecular weight excluding hydrogens is 606 g/mol. The molecule has 0 unspecified atom stereocenters. The summed E-state index contributed by atoms with van der Waals surface area (Å²) in [4.78, 5) is 30.1. The summed E-state index contributed by atoms with van der Waals surface area (Å²) in [7, 11) is -4.17. The SMILES string of the molecule is Cc1ccc(N(CC(=O)N(Cc2ccccc2Cl)[C@H](Cc2ccccc2)C(=O)NC(C)(C)C)S(=O)(=O)c2ccccc2)c(C)c1. The van der Waals surface area contributed by atoms with E-state index in [4.69, 9.17) is 11.6 Å². The Bertz CT molecular complexity index is 1740. The molecule has 0 aromatic heterocycles. The Morgan fingerprint density at radius 1 is 0.844 bits per heavy atom. The molecule has 0 aliphatic carbocycles. The Labute approximate surface area is 271 Å². The molecular formula is C36H40ClN3O4S. The van der Waals surface area contributed by atoms with E-state index in [0.717, 1.165) is 15.4 Å². The molecule has 0 radical (unpaired) electrons. The number of halogens is 1. The predicted octanol–water partition coefficient (Wildman–Crippen LogP) is 6.71. The quantitative estimate of drug-likeness (QED) is 0.197. The van der Waals surface area contributed by atoms with Crippen molar-refractivity contribution in [1.29, 1.82) is 0 Å². The van der Waals surface area contributed by atoms with E-state index in [0.29, 0.717) is 21.8 Å². The van der Waals surface area contributed by atoms with Gasteiger partial charge in [-0.15, -0.1) is 0 Å². The Kier molecular flexibility index (Phi) is 10.7. The zero-order chi connectivity index (χ0) is 32.8. The fourth-order valence-corrected chi connectivity index (χ4v) is 6.83. The van der Waals surface area contributed by atoms with E-state index in [-0.39, 0.29) is 23.8 Å². The summed E-state index contributed by atoms with van der Waals surface area (Å²) in [6.07, 6.45) is 0.216. The fourth-order valence-electron chi connectivity index (χ4n) is 5.14. The molecule has 7 nitrogen and oxygen atoms in total. The number of carbonyl (C=O) groups excluding carboxylic acids is 2. The molecule has 2 amide bonds. The van der Waals surface area contributed by atoms with Crippen LogP contribution < -0.4 is 9.62 Å². The van der Waals surface area contributed by atoms with Gasteiger partial charge in [0.15, 0.2) is 0 Å². The van der Waals surface area contributed by atoms with Gasteiger partial charge in [0.1, 0.15) is 12.6 Å². The highest BCUT2D eigenvalue weighted by atomic mass is 35.5. The van der Waals surface area contributed by atoms with Crippen molar-refractivity contribution in [3.05, 3.63) is 130 Å². The van der Waals surface area contributed by atoms with Gasteiger partial charge in [0.25, 0.3) is 10.0 Å². The molecule has 9 heteroatoms. The van der Waals surface area contributed by atoms with Crippen molar-refractivity contribution in [2.75, 3.05) is 10.8 Å². The zero-order valence-corrected chi connectivity index (χ0v) is 27.9. The van der Waals surface area contributed by atoms with Crippen molar-refractivity contribution in [2.45, 2.75) is 64.1 Å². The van der Waals surface area contributed by atoms with E-state index in [1.807, 2.05) is 83.1 Å². The van der Waals surface area contributed by atoms with Crippen LogP contribution in [0.5, 0.6) is 0 Å². The summed E-state index contributed by atoms with van der Waals surface area (Å²) in [5, 5.41) is 3.47. The topological polar surface area (TPSA) is 86.8 Å². The smallest absolute Gasteiger partial charge is 0.264 e. The molecule has 0 fully saturated rings. The molecule has 1 atom stereocenters. The Balaban J connectivity index is 1.84. The second kappa shape index (κ2) is 14.3. The maximum absolute atomic E-state index is 14.6. The number of benzene rings is 4. The third kappa shape index (κ3) is 8.74.